The lowest BCUT2D eigenvalue weighted by molar-refractivity contribution is -0.141. The van der Waals surface area contributed by atoms with E-state index in [1.807, 2.05) is 6.07 Å². The van der Waals surface area contributed by atoms with Crippen LogP contribution in [0.15, 0.2) is 72.8 Å². The molecule has 3 aromatic carbocycles. The molecule has 0 saturated carbocycles. The van der Waals surface area contributed by atoms with Crippen molar-refractivity contribution in [3.05, 3.63) is 95.3 Å². The summed E-state index contributed by atoms with van der Waals surface area (Å²) in [6.45, 7) is 1.55. The number of hydrogen-bond acceptors (Lipinski definition) is 5. The van der Waals surface area contributed by atoms with Gasteiger partial charge in [-0.25, -0.2) is 9.18 Å². The molecule has 5 nitrogen and oxygen atoms in total. The van der Waals surface area contributed by atoms with Gasteiger partial charge in [-0.2, -0.15) is 5.26 Å². The Bertz CT molecular complexity index is 1050. The van der Waals surface area contributed by atoms with Crippen molar-refractivity contribution >= 4 is 11.8 Å². The van der Waals surface area contributed by atoms with Gasteiger partial charge in [0.2, 0.25) is 0 Å². The molecule has 0 heterocycles. The van der Waals surface area contributed by atoms with Crippen LogP contribution < -0.4 is 9.47 Å². The van der Waals surface area contributed by atoms with Gasteiger partial charge in [0.25, 0.3) is 0 Å². The van der Waals surface area contributed by atoms with E-state index in [9.17, 15) is 14.0 Å². The van der Waals surface area contributed by atoms with E-state index in [1.165, 1.54) is 48.5 Å². The molecule has 1 atom stereocenters. The van der Waals surface area contributed by atoms with Gasteiger partial charge >= 0.3 is 5.97 Å². The predicted octanol–water partition coefficient (Wildman–Crippen LogP) is 4.30. The maximum atomic E-state index is 13.0. The van der Waals surface area contributed by atoms with E-state index in [2.05, 4.69) is 0 Å². The molecule has 0 aromatic heterocycles. The highest BCUT2D eigenvalue weighted by molar-refractivity contribution is 6.09. The lowest BCUT2D eigenvalue weighted by Crippen LogP contribution is -2.28. The summed E-state index contributed by atoms with van der Waals surface area (Å²) in [5.41, 5.74) is 1.24. The van der Waals surface area contributed by atoms with E-state index in [1.54, 1.807) is 31.2 Å². The molecule has 0 aliphatic carbocycles. The zero-order chi connectivity index (χ0) is 20.8. The normalized spacial score (nSPS) is 11.2. The Morgan fingerprint density at radius 2 is 1.38 bits per heavy atom. The molecule has 0 spiro atoms. The van der Waals surface area contributed by atoms with Crippen molar-refractivity contribution in [2.45, 2.75) is 13.0 Å². The third-order valence-corrected chi connectivity index (χ3v) is 4.07. The van der Waals surface area contributed by atoms with Gasteiger partial charge in [0.05, 0.1) is 11.6 Å². The number of benzene rings is 3. The zero-order valence-corrected chi connectivity index (χ0v) is 15.5. The molecular weight excluding hydrogens is 373 g/mol. The van der Waals surface area contributed by atoms with Gasteiger partial charge in [-0.1, -0.05) is 0 Å². The Labute approximate surface area is 166 Å². The van der Waals surface area contributed by atoms with Crippen LogP contribution in [0.4, 0.5) is 4.39 Å². The monoisotopic (exact) mass is 389 g/mol. The molecule has 144 valence electrons. The first-order valence-electron chi connectivity index (χ1n) is 8.75. The van der Waals surface area contributed by atoms with Gasteiger partial charge in [0.15, 0.2) is 11.9 Å². The summed E-state index contributed by atoms with van der Waals surface area (Å²) in [6, 6.07) is 19.7. The maximum absolute atomic E-state index is 13.0. The number of rotatable bonds is 6. The van der Waals surface area contributed by atoms with Crippen LogP contribution in [-0.4, -0.2) is 17.9 Å². The number of ether oxygens (including phenoxy) is 2. The zero-order valence-electron chi connectivity index (χ0n) is 15.5. The first-order chi connectivity index (χ1) is 14.0. The number of halogens is 1. The molecule has 0 bridgehead atoms. The van der Waals surface area contributed by atoms with E-state index < -0.39 is 17.9 Å². The van der Waals surface area contributed by atoms with Crippen molar-refractivity contribution in [3.8, 4) is 17.6 Å². The van der Waals surface area contributed by atoms with Crippen LogP contribution in [-0.2, 0) is 4.79 Å². The summed E-state index contributed by atoms with van der Waals surface area (Å²) in [6.07, 6.45) is -0.872. The van der Waals surface area contributed by atoms with Crippen molar-refractivity contribution in [1.82, 2.24) is 0 Å². The summed E-state index contributed by atoms with van der Waals surface area (Å²) < 4.78 is 23.8. The standard InChI is InChI=1S/C23H16FNO4/c1-15(28-20-10-2-16(14-25)3-11-20)23(27)29-21-12-6-18(7-13-21)22(26)17-4-8-19(24)9-5-17/h2-13,15H,1H3. The fourth-order valence-corrected chi connectivity index (χ4v) is 2.50. The lowest BCUT2D eigenvalue weighted by Gasteiger charge is -2.14. The summed E-state index contributed by atoms with van der Waals surface area (Å²) in [4.78, 5) is 24.6. The highest BCUT2D eigenvalue weighted by Crippen LogP contribution is 2.18. The van der Waals surface area contributed by atoms with E-state index in [-0.39, 0.29) is 11.5 Å². The van der Waals surface area contributed by atoms with Gasteiger partial charge in [0.1, 0.15) is 17.3 Å². The third-order valence-electron chi connectivity index (χ3n) is 4.07. The number of ketones is 1. The number of esters is 1. The van der Waals surface area contributed by atoms with Gasteiger partial charge in [-0.3, -0.25) is 4.79 Å². The highest BCUT2D eigenvalue weighted by Gasteiger charge is 2.18. The summed E-state index contributed by atoms with van der Waals surface area (Å²) in [5, 5.41) is 8.79. The largest absolute Gasteiger partial charge is 0.479 e. The second-order valence-corrected chi connectivity index (χ2v) is 6.18. The Morgan fingerprint density at radius 1 is 0.862 bits per heavy atom. The second kappa shape index (κ2) is 8.81. The number of nitrogens with zero attached hydrogens (tertiary/aromatic N) is 1. The SMILES string of the molecule is CC(Oc1ccc(C#N)cc1)C(=O)Oc1ccc(C(=O)c2ccc(F)cc2)cc1. The molecule has 3 rings (SSSR count). The van der Waals surface area contributed by atoms with Crippen molar-refractivity contribution in [1.29, 1.82) is 5.26 Å². The molecule has 3 aromatic rings. The third kappa shape index (κ3) is 5.05. The van der Waals surface area contributed by atoms with Crippen LogP contribution in [0.5, 0.6) is 11.5 Å². The fourth-order valence-electron chi connectivity index (χ4n) is 2.50. The van der Waals surface area contributed by atoms with E-state index in [4.69, 9.17) is 14.7 Å². The first-order valence-corrected chi connectivity index (χ1v) is 8.75. The van der Waals surface area contributed by atoms with E-state index >= 15 is 0 Å². The summed E-state index contributed by atoms with van der Waals surface area (Å²) in [5.74, 6) is -0.580. The van der Waals surface area contributed by atoms with Crippen LogP contribution in [0.1, 0.15) is 28.4 Å². The topological polar surface area (TPSA) is 76.4 Å². The van der Waals surface area contributed by atoms with Gasteiger partial charge in [0, 0.05) is 11.1 Å². The fraction of sp³-hybridized carbons (Fsp3) is 0.0870. The molecule has 0 N–H and O–H groups in total. The van der Waals surface area contributed by atoms with Crippen LogP contribution in [0, 0.1) is 17.1 Å². The highest BCUT2D eigenvalue weighted by atomic mass is 19.1. The van der Waals surface area contributed by atoms with Gasteiger partial charge in [-0.15, -0.1) is 0 Å². The first kappa shape index (κ1) is 19.8. The van der Waals surface area contributed by atoms with Gasteiger partial charge in [-0.05, 0) is 79.7 Å². The summed E-state index contributed by atoms with van der Waals surface area (Å²) >= 11 is 0. The lowest BCUT2D eigenvalue weighted by atomic mass is 10.0. The Hall–Kier alpha value is -3.98. The van der Waals surface area contributed by atoms with Crippen LogP contribution >= 0.6 is 0 Å². The molecule has 0 amide bonds. The Balaban J connectivity index is 1.60. The predicted molar refractivity (Wildman–Crippen MR) is 103 cm³/mol. The molecular formula is C23H16FNO4. The maximum Gasteiger partial charge on any atom is 0.352 e. The van der Waals surface area contributed by atoms with E-state index in [0.717, 1.165) is 0 Å². The molecule has 0 radical (unpaired) electrons. The average Bonchev–Trinajstić information content (AvgIpc) is 2.75. The number of hydrogen-bond donors (Lipinski definition) is 0. The minimum absolute atomic E-state index is 0.264. The van der Waals surface area contributed by atoms with Crippen molar-refractivity contribution < 1.29 is 23.5 Å². The summed E-state index contributed by atoms with van der Waals surface area (Å²) in [7, 11) is 0. The van der Waals surface area contributed by atoms with Crippen LogP contribution in [0.2, 0.25) is 0 Å². The number of carbonyl (C=O) groups is 2. The smallest absolute Gasteiger partial charge is 0.352 e. The molecule has 0 saturated heterocycles. The average molecular weight is 389 g/mol. The van der Waals surface area contributed by atoms with Crippen molar-refractivity contribution in [2.24, 2.45) is 0 Å². The van der Waals surface area contributed by atoms with Crippen LogP contribution in [0.25, 0.3) is 0 Å². The quantitative estimate of drug-likeness (QED) is 0.357. The number of nitriles is 1. The second-order valence-electron chi connectivity index (χ2n) is 6.18. The van der Waals surface area contributed by atoms with Gasteiger partial charge < -0.3 is 9.47 Å². The van der Waals surface area contributed by atoms with Crippen molar-refractivity contribution in [3.63, 3.8) is 0 Å². The minimum Gasteiger partial charge on any atom is -0.479 e. The molecule has 0 aliphatic rings. The Kier molecular flexibility index (Phi) is 6.00. The molecule has 0 fully saturated rings. The minimum atomic E-state index is -0.872. The van der Waals surface area contributed by atoms with E-state index in [0.29, 0.717) is 22.4 Å². The Morgan fingerprint density at radius 3 is 1.93 bits per heavy atom. The van der Waals surface area contributed by atoms with Crippen LogP contribution in [0.3, 0.4) is 0 Å². The molecule has 29 heavy (non-hydrogen) atoms. The molecule has 6 heteroatoms. The number of carbonyl (C=O) groups excluding carboxylic acids is 2. The van der Waals surface area contributed by atoms with Crippen molar-refractivity contribution in [2.75, 3.05) is 0 Å². The molecule has 1 unspecified atom stereocenters. The molecule has 0 aliphatic heterocycles.